The summed E-state index contributed by atoms with van der Waals surface area (Å²) < 4.78 is 4.89. The molecule has 1 aliphatic rings. The van der Waals surface area contributed by atoms with Crippen molar-refractivity contribution in [3.05, 3.63) is 47.5 Å². The van der Waals surface area contributed by atoms with Gasteiger partial charge in [0.05, 0.1) is 7.11 Å². The molecule has 2 N–H and O–H groups in total. The minimum atomic E-state index is -0.903. The topological polar surface area (TPSA) is 101 Å². The first-order valence-electron chi connectivity index (χ1n) is 9.78. The van der Waals surface area contributed by atoms with Gasteiger partial charge in [0.25, 0.3) is 0 Å². The zero-order valence-electron chi connectivity index (χ0n) is 16.5. The fourth-order valence-corrected chi connectivity index (χ4v) is 2.91. The van der Waals surface area contributed by atoms with Crippen LogP contribution in [0.15, 0.2) is 47.5 Å². The van der Waals surface area contributed by atoms with Crippen molar-refractivity contribution in [2.75, 3.05) is 7.11 Å². The van der Waals surface area contributed by atoms with E-state index >= 15 is 0 Å². The molecule has 0 bridgehead atoms. The quantitative estimate of drug-likeness (QED) is 0.195. The Labute approximate surface area is 166 Å². The number of allylic oxidation sites excluding steroid dienone is 5. The number of ether oxygens (including phenoxy) is 1. The number of carboxylic acid groups (broad SMARTS) is 1. The second kappa shape index (κ2) is 13.5. The Balaban J connectivity index is 2.08. The van der Waals surface area contributed by atoms with E-state index in [1.165, 1.54) is 13.2 Å². The lowest BCUT2D eigenvalue weighted by Gasteiger charge is -2.14. The number of rotatable bonds is 14. The molecule has 0 heterocycles. The highest BCUT2D eigenvalue weighted by atomic mass is 16.5. The number of aliphatic carboxylic acids is 1. The second-order valence-corrected chi connectivity index (χ2v) is 6.68. The van der Waals surface area contributed by atoms with E-state index in [1.54, 1.807) is 6.08 Å². The van der Waals surface area contributed by atoms with Gasteiger partial charge in [0, 0.05) is 17.7 Å². The minimum Gasteiger partial charge on any atom is -0.504 e. The van der Waals surface area contributed by atoms with Crippen LogP contribution in [0.4, 0.5) is 0 Å². The van der Waals surface area contributed by atoms with E-state index in [1.807, 2.05) is 0 Å². The van der Waals surface area contributed by atoms with Gasteiger partial charge in [-0.3, -0.25) is 9.59 Å². The van der Waals surface area contributed by atoms with Crippen molar-refractivity contribution in [1.82, 2.24) is 0 Å². The lowest BCUT2D eigenvalue weighted by Crippen LogP contribution is -2.20. The Morgan fingerprint density at radius 3 is 2.25 bits per heavy atom. The van der Waals surface area contributed by atoms with Crippen molar-refractivity contribution in [2.24, 2.45) is 0 Å². The third kappa shape index (κ3) is 8.84. The molecule has 0 atom stereocenters. The molecule has 0 saturated carbocycles. The summed E-state index contributed by atoms with van der Waals surface area (Å²) in [5.41, 5.74) is 0.158. The van der Waals surface area contributed by atoms with Crippen LogP contribution in [0.3, 0.4) is 0 Å². The summed E-state index contributed by atoms with van der Waals surface area (Å²) in [5.74, 6) is -2.34. The van der Waals surface area contributed by atoms with Crippen molar-refractivity contribution < 1.29 is 29.3 Å². The van der Waals surface area contributed by atoms with Crippen LogP contribution in [-0.2, 0) is 19.1 Å². The Hall–Kier alpha value is -2.63. The highest BCUT2D eigenvalue weighted by Gasteiger charge is 2.28. The fraction of sp³-hybridized carbons (Fsp3) is 0.500. The zero-order chi connectivity index (χ0) is 20.8. The maximum atomic E-state index is 12.1. The van der Waals surface area contributed by atoms with Crippen molar-refractivity contribution in [2.45, 2.75) is 64.2 Å². The average Bonchev–Trinajstić information content (AvgIpc) is 2.67. The molecule has 0 radical (unpaired) electrons. The van der Waals surface area contributed by atoms with Crippen LogP contribution >= 0.6 is 0 Å². The normalized spacial score (nSPS) is 15.0. The number of carboxylic acids is 1. The molecule has 0 fully saturated rings. The molecule has 0 aromatic heterocycles. The highest BCUT2D eigenvalue weighted by Crippen LogP contribution is 2.23. The molecule has 0 unspecified atom stereocenters. The van der Waals surface area contributed by atoms with E-state index in [2.05, 4.69) is 12.2 Å². The van der Waals surface area contributed by atoms with Gasteiger partial charge in [0.15, 0.2) is 11.5 Å². The van der Waals surface area contributed by atoms with Gasteiger partial charge in [-0.05, 0) is 44.9 Å². The molecule has 0 aromatic rings. The first-order chi connectivity index (χ1) is 13.5. The molecule has 0 saturated heterocycles. The predicted molar refractivity (Wildman–Crippen MR) is 107 cm³/mol. The molecule has 0 aromatic carbocycles. The van der Waals surface area contributed by atoms with Crippen molar-refractivity contribution in [3.63, 3.8) is 0 Å². The predicted octanol–water partition coefficient (Wildman–Crippen LogP) is 4.58. The first kappa shape index (κ1) is 23.4. The maximum Gasteiger partial charge on any atom is 0.327 e. The first-order valence-corrected chi connectivity index (χ1v) is 9.78. The third-order valence-electron chi connectivity index (χ3n) is 4.47. The summed E-state index contributed by atoms with van der Waals surface area (Å²) in [6.45, 7) is 0. The largest absolute Gasteiger partial charge is 0.504 e. The van der Waals surface area contributed by atoms with Crippen molar-refractivity contribution in [3.8, 4) is 0 Å². The van der Waals surface area contributed by atoms with Crippen molar-refractivity contribution in [1.29, 1.82) is 0 Å². The van der Waals surface area contributed by atoms with Gasteiger partial charge in [-0.2, -0.15) is 0 Å². The molecule has 1 rings (SSSR count). The van der Waals surface area contributed by atoms with Crippen LogP contribution in [0.2, 0.25) is 0 Å². The molecule has 154 valence electrons. The van der Waals surface area contributed by atoms with Gasteiger partial charge in [-0.25, -0.2) is 4.79 Å². The number of aliphatic hydroxyl groups is 1. The van der Waals surface area contributed by atoms with Crippen LogP contribution < -0.4 is 0 Å². The number of ketones is 2. The third-order valence-corrected chi connectivity index (χ3v) is 4.47. The SMILES string of the molecule is COC1=CC(=O)C(O)=C(CCCCCCC/C=C\CCC/C=C/C(=O)O)C1=O. The van der Waals surface area contributed by atoms with E-state index < -0.39 is 23.3 Å². The Morgan fingerprint density at radius 1 is 0.964 bits per heavy atom. The van der Waals surface area contributed by atoms with Gasteiger partial charge >= 0.3 is 5.97 Å². The molecular formula is C22H30O6. The molecule has 6 nitrogen and oxygen atoms in total. The number of aliphatic hydroxyl groups excluding tert-OH is 1. The van der Waals surface area contributed by atoms with Gasteiger partial charge in [0.2, 0.25) is 11.6 Å². The van der Waals surface area contributed by atoms with Crippen LogP contribution in [0.25, 0.3) is 0 Å². The molecule has 0 aliphatic heterocycles. The summed E-state index contributed by atoms with van der Waals surface area (Å²) in [6, 6.07) is 0. The second-order valence-electron chi connectivity index (χ2n) is 6.68. The van der Waals surface area contributed by atoms with E-state index in [9.17, 15) is 19.5 Å². The lowest BCUT2D eigenvalue weighted by molar-refractivity contribution is -0.131. The van der Waals surface area contributed by atoms with Crippen molar-refractivity contribution >= 4 is 17.5 Å². The van der Waals surface area contributed by atoms with Gasteiger partial charge in [-0.15, -0.1) is 0 Å². The Morgan fingerprint density at radius 2 is 1.57 bits per heavy atom. The van der Waals surface area contributed by atoms with Crippen LogP contribution in [-0.4, -0.2) is 34.9 Å². The zero-order valence-corrected chi connectivity index (χ0v) is 16.5. The average molecular weight is 390 g/mol. The van der Waals surface area contributed by atoms with E-state index in [4.69, 9.17) is 9.84 Å². The number of hydrogen-bond acceptors (Lipinski definition) is 5. The lowest BCUT2D eigenvalue weighted by atomic mass is 9.94. The van der Waals surface area contributed by atoms with E-state index in [0.29, 0.717) is 6.42 Å². The fourth-order valence-electron chi connectivity index (χ4n) is 2.91. The summed E-state index contributed by atoms with van der Waals surface area (Å²) in [6.07, 6.45) is 17.2. The number of hydrogen-bond donors (Lipinski definition) is 2. The molecule has 0 amide bonds. The number of carbonyl (C=O) groups excluding carboxylic acids is 2. The van der Waals surface area contributed by atoms with Gasteiger partial charge in [-0.1, -0.05) is 37.5 Å². The summed E-state index contributed by atoms with van der Waals surface area (Å²) in [7, 11) is 1.34. The standard InChI is InChI=1S/C22H30O6/c1-28-19-16-18(23)21(26)17(22(19)27)14-12-10-8-6-4-2-3-5-7-9-11-13-15-20(24)25/h3,5,13,15-16,26H,2,4,6-12,14H2,1H3,(H,24,25)/b5-3-,15-13+. The van der Waals surface area contributed by atoms with E-state index in [-0.39, 0.29) is 11.3 Å². The monoisotopic (exact) mass is 390 g/mol. The molecular weight excluding hydrogens is 360 g/mol. The maximum absolute atomic E-state index is 12.1. The summed E-state index contributed by atoms with van der Waals surface area (Å²) in [4.78, 5) is 34.0. The molecule has 1 aliphatic carbocycles. The molecule has 6 heteroatoms. The number of unbranched alkanes of at least 4 members (excludes halogenated alkanes) is 7. The highest BCUT2D eigenvalue weighted by molar-refractivity contribution is 6.20. The van der Waals surface area contributed by atoms with E-state index in [0.717, 1.165) is 63.9 Å². The number of Topliss-reactive ketones (excluding diaryl/α,β-unsaturated/α-hetero) is 1. The number of carbonyl (C=O) groups is 3. The molecule has 28 heavy (non-hydrogen) atoms. The van der Waals surface area contributed by atoms with Crippen LogP contribution in [0.5, 0.6) is 0 Å². The van der Waals surface area contributed by atoms with Crippen LogP contribution in [0, 0.1) is 0 Å². The smallest absolute Gasteiger partial charge is 0.327 e. The molecule has 0 spiro atoms. The Bertz CT molecular complexity index is 667. The summed E-state index contributed by atoms with van der Waals surface area (Å²) in [5, 5.41) is 18.3. The minimum absolute atomic E-state index is 0.0116. The summed E-state index contributed by atoms with van der Waals surface area (Å²) >= 11 is 0. The van der Waals surface area contributed by atoms with Gasteiger partial charge < -0.3 is 14.9 Å². The van der Waals surface area contributed by atoms with Crippen LogP contribution in [0.1, 0.15) is 64.2 Å². The van der Waals surface area contributed by atoms with Gasteiger partial charge in [0.1, 0.15) is 0 Å². The Kier molecular flexibility index (Phi) is 11.3. The number of methoxy groups -OCH3 is 1.